The van der Waals surface area contributed by atoms with Crippen molar-refractivity contribution in [3.8, 4) is 0 Å². The maximum Gasteiger partial charge on any atom is 0.273 e. The molecule has 1 aliphatic heterocycles. The van der Waals surface area contributed by atoms with Gasteiger partial charge in [-0.3, -0.25) is 14.7 Å². The summed E-state index contributed by atoms with van der Waals surface area (Å²) in [6.45, 7) is 3.22. The number of benzene rings is 2. The first-order valence-corrected chi connectivity index (χ1v) is 10.6. The van der Waals surface area contributed by atoms with E-state index in [-0.39, 0.29) is 17.5 Å². The van der Waals surface area contributed by atoms with Gasteiger partial charge in [-0.1, -0.05) is 48.5 Å². The van der Waals surface area contributed by atoms with Gasteiger partial charge < -0.3 is 14.8 Å². The minimum Gasteiger partial charge on any atom is -0.339 e. The smallest absolute Gasteiger partial charge is 0.273 e. The third-order valence-electron chi connectivity index (χ3n) is 5.75. The van der Waals surface area contributed by atoms with Crippen molar-refractivity contribution < 1.29 is 9.59 Å². The number of nitrogens with zero attached hydrogens (tertiary/aromatic N) is 5. The molecule has 32 heavy (non-hydrogen) atoms. The normalized spacial score (nSPS) is 14.2. The second-order valence-electron chi connectivity index (χ2n) is 7.92. The van der Waals surface area contributed by atoms with Crippen LogP contribution in [0.2, 0.25) is 0 Å². The summed E-state index contributed by atoms with van der Waals surface area (Å²) >= 11 is 0. The van der Waals surface area contributed by atoms with Crippen molar-refractivity contribution in [1.29, 1.82) is 0 Å². The minimum absolute atomic E-state index is 0.156. The van der Waals surface area contributed by atoms with Crippen LogP contribution in [0.25, 0.3) is 10.9 Å². The van der Waals surface area contributed by atoms with Crippen molar-refractivity contribution >= 4 is 22.7 Å². The largest absolute Gasteiger partial charge is 0.339 e. The van der Waals surface area contributed by atoms with Crippen LogP contribution in [-0.4, -0.2) is 54.3 Å². The van der Waals surface area contributed by atoms with Crippen molar-refractivity contribution in [2.24, 2.45) is 0 Å². The summed E-state index contributed by atoms with van der Waals surface area (Å²) in [5.41, 5.74) is 2.23. The number of aromatic nitrogens is 5. The molecule has 0 radical (unpaired) electrons. The number of H-pyrrole nitrogens is 1. The quantitative estimate of drug-likeness (QED) is 0.504. The second-order valence-corrected chi connectivity index (χ2v) is 7.92. The summed E-state index contributed by atoms with van der Waals surface area (Å²) in [5, 5.41) is 19.1. The van der Waals surface area contributed by atoms with Crippen molar-refractivity contribution in [3.05, 3.63) is 77.5 Å². The summed E-state index contributed by atoms with van der Waals surface area (Å²) in [4.78, 5) is 27.4. The molecule has 2 amide bonds. The van der Waals surface area contributed by atoms with Crippen LogP contribution in [0.5, 0.6) is 0 Å². The molecule has 2 aromatic carbocycles. The number of carbonyl (C=O) groups is 2. The number of hydrogen-bond donors (Lipinski definition) is 2. The average Bonchev–Trinajstić information content (AvgIpc) is 3.43. The third kappa shape index (κ3) is 3.73. The number of fused-ring (bicyclic) bond motifs is 2. The molecule has 4 aromatic rings. The van der Waals surface area contributed by atoms with E-state index in [1.807, 2.05) is 42.5 Å². The first-order chi connectivity index (χ1) is 15.6. The van der Waals surface area contributed by atoms with Gasteiger partial charge in [0, 0.05) is 24.9 Å². The summed E-state index contributed by atoms with van der Waals surface area (Å²) in [6.07, 6.45) is 0.700. The highest BCUT2D eigenvalue weighted by atomic mass is 16.2. The molecular formula is C23H23N7O2. The molecule has 2 N–H and O–H groups in total. The van der Waals surface area contributed by atoms with Gasteiger partial charge in [-0.2, -0.15) is 5.10 Å². The Morgan fingerprint density at radius 3 is 2.69 bits per heavy atom. The van der Waals surface area contributed by atoms with Gasteiger partial charge in [-0.05, 0) is 18.6 Å². The number of aromatic amines is 1. The van der Waals surface area contributed by atoms with E-state index in [9.17, 15) is 9.59 Å². The zero-order chi connectivity index (χ0) is 22.1. The lowest BCUT2D eigenvalue weighted by Crippen LogP contribution is -2.49. The van der Waals surface area contributed by atoms with E-state index in [2.05, 4.69) is 42.4 Å². The number of para-hydroxylation sites is 1. The third-order valence-corrected chi connectivity index (χ3v) is 5.75. The maximum atomic E-state index is 13.0. The summed E-state index contributed by atoms with van der Waals surface area (Å²) in [6, 6.07) is 16.8. The number of nitrogens with one attached hydrogen (secondary N) is 2. The fraction of sp³-hybridized carbons (Fsp3) is 0.261. The first kappa shape index (κ1) is 19.9. The molecule has 1 aliphatic rings. The lowest BCUT2D eigenvalue weighted by molar-refractivity contribution is -0.134. The SMILES string of the molecule is CC(NC(=O)c1n[nH]c2ccccc12)C(=O)N1CCn2c(Cc3ccccc3)nnc2C1. The fourth-order valence-electron chi connectivity index (χ4n) is 4.05. The number of amides is 2. The molecule has 0 saturated carbocycles. The Kier molecular flexibility index (Phi) is 5.14. The predicted molar refractivity (Wildman–Crippen MR) is 118 cm³/mol. The first-order valence-electron chi connectivity index (χ1n) is 10.6. The molecule has 5 rings (SSSR count). The molecule has 1 unspecified atom stereocenters. The van der Waals surface area contributed by atoms with Gasteiger partial charge in [0.1, 0.15) is 11.9 Å². The molecule has 0 saturated heterocycles. The minimum atomic E-state index is -0.684. The molecule has 0 bridgehead atoms. The van der Waals surface area contributed by atoms with Crippen LogP contribution in [0, 0.1) is 0 Å². The van der Waals surface area contributed by atoms with E-state index < -0.39 is 6.04 Å². The fourth-order valence-corrected chi connectivity index (χ4v) is 4.05. The monoisotopic (exact) mass is 429 g/mol. The van der Waals surface area contributed by atoms with Crippen molar-refractivity contribution in [1.82, 2.24) is 35.2 Å². The standard InChI is InChI=1S/C23H23N7O2/c1-15(24-22(31)21-17-9-5-6-10-18(17)25-28-21)23(32)29-11-12-30-19(26-27-20(30)14-29)13-16-7-3-2-4-8-16/h2-10,15H,11-14H2,1H3,(H,24,31)(H,25,28). The van der Waals surface area contributed by atoms with Crippen LogP contribution in [0.15, 0.2) is 54.6 Å². The van der Waals surface area contributed by atoms with E-state index in [1.54, 1.807) is 11.8 Å². The van der Waals surface area contributed by atoms with E-state index in [1.165, 1.54) is 5.56 Å². The van der Waals surface area contributed by atoms with Gasteiger partial charge in [0.05, 0.1) is 12.1 Å². The van der Waals surface area contributed by atoms with E-state index in [0.29, 0.717) is 26.1 Å². The van der Waals surface area contributed by atoms with Crippen LogP contribution in [0.1, 0.15) is 34.6 Å². The summed E-state index contributed by atoms with van der Waals surface area (Å²) in [7, 11) is 0. The Balaban J connectivity index is 1.24. The highest BCUT2D eigenvalue weighted by Gasteiger charge is 2.29. The number of hydrogen-bond acceptors (Lipinski definition) is 5. The predicted octanol–water partition coefficient (Wildman–Crippen LogP) is 1.91. The zero-order valence-corrected chi connectivity index (χ0v) is 17.7. The Bertz CT molecular complexity index is 1280. The highest BCUT2D eigenvalue weighted by molar-refractivity contribution is 6.05. The molecule has 0 aliphatic carbocycles. The molecule has 0 spiro atoms. The molecule has 9 nitrogen and oxygen atoms in total. The molecule has 2 aromatic heterocycles. The van der Waals surface area contributed by atoms with Crippen LogP contribution >= 0.6 is 0 Å². The zero-order valence-electron chi connectivity index (χ0n) is 17.7. The molecule has 162 valence electrons. The Morgan fingerprint density at radius 1 is 1.06 bits per heavy atom. The van der Waals surface area contributed by atoms with Crippen LogP contribution in [0.4, 0.5) is 0 Å². The molecule has 1 atom stereocenters. The highest BCUT2D eigenvalue weighted by Crippen LogP contribution is 2.17. The Hall–Kier alpha value is -4.01. The Labute approximate surface area is 184 Å². The molecule has 9 heteroatoms. The lowest BCUT2D eigenvalue weighted by Gasteiger charge is -2.30. The van der Waals surface area contributed by atoms with Crippen LogP contribution < -0.4 is 5.32 Å². The van der Waals surface area contributed by atoms with E-state index in [4.69, 9.17) is 0 Å². The van der Waals surface area contributed by atoms with E-state index >= 15 is 0 Å². The van der Waals surface area contributed by atoms with Crippen molar-refractivity contribution in [2.45, 2.75) is 32.5 Å². The van der Waals surface area contributed by atoms with Gasteiger partial charge in [-0.15, -0.1) is 10.2 Å². The van der Waals surface area contributed by atoms with E-state index in [0.717, 1.165) is 22.6 Å². The van der Waals surface area contributed by atoms with Crippen LogP contribution in [0.3, 0.4) is 0 Å². The van der Waals surface area contributed by atoms with Gasteiger partial charge in [0.15, 0.2) is 11.5 Å². The summed E-state index contributed by atoms with van der Waals surface area (Å²) < 4.78 is 2.08. The van der Waals surface area contributed by atoms with Crippen LogP contribution in [-0.2, 0) is 24.3 Å². The van der Waals surface area contributed by atoms with Gasteiger partial charge >= 0.3 is 0 Å². The molecular weight excluding hydrogens is 406 g/mol. The second kappa shape index (κ2) is 8.26. The number of rotatable bonds is 5. The maximum absolute atomic E-state index is 13.0. The Morgan fingerprint density at radius 2 is 1.84 bits per heavy atom. The molecule has 3 heterocycles. The lowest BCUT2D eigenvalue weighted by atomic mass is 10.1. The van der Waals surface area contributed by atoms with Gasteiger partial charge in [0.25, 0.3) is 5.91 Å². The molecule has 0 fully saturated rings. The van der Waals surface area contributed by atoms with Crippen molar-refractivity contribution in [2.75, 3.05) is 6.54 Å². The number of carbonyl (C=O) groups excluding carboxylic acids is 2. The average molecular weight is 429 g/mol. The topological polar surface area (TPSA) is 109 Å². The summed E-state index contributed by atoms with van der Waals surface area (Å²) in [5.74, 6) is 1.11. The van der Waals surface area contributed by atoms with Gasteiger partial charge in [0.2, 0.25) is 5.91 Å². The van der Waals surface area contributed by atoms with Gasteiger partial charge in [-0.25, -0.2) is 0 Å². The van der Waals surface area contributed by atoms with Crippen molar-refractivity contribution in [3.63, 3.8) is 0 Å².